The van der Waals surface area contributed by atoms with Gasteiger partial charge in [-0.15, -0.1) is 0 Å². The van der Waals surface area contributed by atoms with E-state index in [1.165, 1.54) is 35.7 Å². The minimum atomic E-state index is 0.832. The molecule has 3 heteroatoms. The second-order valence-electron chi connectivity index (χ2n) is 5.11. The van der Waals surface area contributed by atoms with Crippen LogP contribution in [0.3, 0.4) is 0 Å². The molecule has 0 saturated heterocycles. The van der Waals surface area contributed by atoms with Gasteiger partial charge in [-0.3, -0.25) is 0 Å². The van der Waals surface area contributed by atoms with Crippen molar-refractivity contribution in [3.8, 4) is 0 Å². The maximum atomic E-state index is 3.54. The van der Waals surface area contributed by atoms with Gasteiger partial charge in [-0.05, 0) is 50.0 Å². The molecule has 0 aliphatic heterocycles. The van der Waals surface area contributed by atoms with Crippen LogP contribution in [0, 0.1) is 0 Å². The lowest BCUT2D eigenvalue weighted by Crippen LogP contribution is -2.23. The van der Waals surface area contributed by atoms with Crippen molar-refractivity contribution in [1.29, 1.82) is 0 Å². The van der Waals surface area contributed by atoms with E-state index < -0.39 is 0 Å². The molecule has 18 heavy (non-hydrogen) atoms. The van der Waals surface area contributed by atoms with Gasteiger partial charge in [-0.2, -0.15) is 0 Å². The van der Waals surface area contributed by atoms with Crippen molar-refractivity contribution in [2.75, 3.05) is 13.1 Å². The number of benzene rings is 1. The summed E-state index contributed by atoms with van der Waals surface area (Å²) in [7, 11) is 0. The number of fused-ring (bicyclic) bond motifs is 1. The topological polar surface area (TPSA) is 39.8 Å². The summed E-state index contributed by atoms with van der Waals surface area (Å²) in [6.45, 7) is 3.19. The van der Waals surface area contributed by atoms with Crippen LogP contribution in [0.15, 0.2) is 30.5 Å². The van der Waals surface area contributed by atoms with Crippen LogP contribution in [0.4, 0.5) is 0 Å². The highest BCUT2D eigenvalue weighted by Gasteiger charge is 2.19. The molecular weight excluding hydrogens is 222 g/mol. The van der Waals surface area contributed by atoms with Gasteiger partial charge in [0.2, 0.25) is 0 Å². The summed E-state index contributed by atoms with van der Waals surface area (Å²) in [5, 5.41) is 8.39. The zero-order valence-electron chi connectivity index (χ0n) is 10.7. The summed E-state index contributed by atoms with van der Waals surface area (Å²) in [6.07, 6.45) is 5.97. The van der Waals surface area contributed by atoms with E-state index >= 15 is 0 Å². The normalized spacial score (nSPS) is 15.3. The van der Waals surface area contributed by atoms with Crippen LogP contribution in [0.5, 0.6) is 0 Å². The molecule has 1 aromatic carbocycles. The molecule has 0 spiro atoms. The Morgan fingerprint density at radius 3 is 3.00 bits per heavy atom. The van der Waals surface area contributed by atoms with Crippen molar-refractivity contribution in [2.24, 2.45) is 0 Å². The first kappa shape index (κ1) is 11.8. The molecule has 0 radical (unpaired) electrons. The van der Waals surface area contributed by atoms with Gasteiger partial charge in [0.05, 0.1) is 0 Å². The third kappa shape index (κ3) is 2.92. The lowest BCUT2D eigenvalue weighted by atomic mass is 10.1. The lowest BCUT2D eigenvalue weighted by molar-refractivity contribution is 0.594. The second-order valence-corrected chi connectivity index (χ2v) is 5.11. The average Bonchev–Trinajstić information content (AvgIpc) is 3.08. The minimum absolute atomic E-state index is 0.832. The summed E-state index contributed by atoms with van der Waals surface area (Å²) in [6, 6.07) is 9.42. The maximum Gasteiger partial charge on any atom is 0.0457 e. The van der Waals surface area contributed by atoms with E-state index in [0.717, 1.165) is 25.7 Å². The number of hydrogen-bond acceptors (Lipinski definition) is 2. The fourth-order valence-electron chi connectivity index (χ4n) is 2.33. The Morgan fingerprint density at radius 1 is 1.17 bits per heavy atom. The van der Waals surface area contributed by atoms with Crippen LogP contribution in [0.25, 0.3) is 10.9 Å². The van der Waals surface area contributed by atoms with Gasteiger partial charge in [-0.1, -0.05) is 12.1 Å². The Labute approximate surface area is 108 Å². The van der Waals surface area contributed by atoms with Crippen molar-refractivity contribution in [2.45, 2.75) is 31.8 Å². The largest absolute Gasteiger partial charge is 0.361 e. The summed E-state index contributed by atoms with van der Waals surface area (Å²) in [5.41, 5.74) is 2.61. The first-order valence-electron chi connectivity index (χ1n) is 6.92. The van der Waals surface area contributed by atoms with Crippen LogP contribution in [-0.2, 0) is 6.54 Å². The Morgan fingerprint density at radius 2 is 2.11 bits per heavy atom. The molecule has 0 atom stereocenters. The van der Waals surface area contributed by atoms with E-state index in [4.69, 9.17) is 0 Å². The van der Waals surface area contributed by atoms with Crippen molar-refractivity contribution >= 4 is 10.9 Å². The summed E-state index contributed by atoms with van der Waals surface area (Å²) in [4.78, 5) is 3.25. The number of aromatic amines is 1. The molecule has 1 aliphatic rings. The average molecular weight is 243 g/mol. The van der Waals surface area contributed by atoms with E-state index in [0.29, 0.717) is 0 Å². The van der Waals surface area contributed by atoms with Crippen LogP contribution in [0.1, 0.15) is 24.8 Å². The Hall–Kier alpha value is -1.32. The van der Waals surface area contributed by atoms with Crippen molar-refractivity contribution in [3.05, 3.63) is 36.0 Å². The quantitative estimate of drug-likeness (QED) is 0.653. The highest BCUT2D eigenvalue weighted by molar-refractivity contribution is 5.82. The summed E-state index contributed by atoms with van der Waals surface area (Å²) >= 11 is 0. The maximum absolute atomic E-state index is 3.54. The highest BCUT2D eigenvalue weighted by Crippen LogP contribution is 2.18. The van der Waals surface area contributed by atoms with E-state index in [1.54, 1.807) is 0 Å². The molecule has 1 saturated carbocycles. The van der Waals surface area contributed by atoms with E-state index in [2.05, 4.69) is 39.9 Å². The van der Waals surface area contributed by atoms with E-state index in [1.807, 2.05) is 6.20 Å². The van der Waals surface area contributed by atoms with Gasteiger partial charge in [0.1, 0.15) is 0 Å². The molecule has 0 bridgehead atoms. The molecule has 0 amide bonds. The molecule has 1 heterocycles. The lowest BCUT2D eigenvalue weighted by Gasteiger charge is -2.07. The zero-order valence-corrected chi connectivity index (χ0v) is 10.7. The standard InChI is InChI=1S/C15H21N3/c1-3-12(14-7-10-18-15(14)4-1)11-16-8-2-9-17-13-5-6-13/h1,3-4,7,10,13,16-18H,2,5-6,8-9,11H2. The minimum Gasteiger partial charge on any atom is -0.361 e. The van der Waals surface area contributed by atoms with Crippen LogP contribution < -0.4 is 10.6 Å². The predicted molar refractivity (Wildman–Crippen MR) is 75.6 cm³/mol. The Balaban J connectivity index is 1.43. The fraction of sp³-hybridized carbons (Fsp3) is 0.467. The molecular formula is C15H21N3. The monoisotopic (exact) mass is 243 g/mol. The fourth-order valence-corrected chi connectivity index (χ4v) is 2.33. The molecule has 96 valence electrons. The first-order chi connectivity index (χ1) is 8.93. The molecule has 1 aliphatic carbocycles. The zero-order chi connectivity index (χ0) is 12.2. The Bertz CT molecular complexity index is 499. The number of H-pyrrole nitrogens is 1. The van der Waals surface area contributed by atoms with Gasteiger partial charge in [0, 0.05) is 29.7 Å². The molecule has 3 nitrogen and oxygen atoms in total. The van der Waals surface area contributed by atoms with Gasteiger partial charge in [0.15, 0.2) is 0 Å². The van der Waals surface area contributed by atoms with E-state index in [9.17, 15) is 0 Å². The van der Waals surface area contributed by atoms with Crippen molar-refractivity contribution in [1.82, 2.24) is 15.6 Å². The molecule has 0 unspecified atom stereocenters. The molecule has 1 fully saturated rings. The first-order valence-corrected chi connectivity index (χ1v) is 6.92. The third-order valence-electron chi connectivity index (χ3n) is 3.54. The van der Waals surface area contributed by atoms with Gasteiger partial charge in [0.25, 0.3) is 0 Å². The van der Waals surface area contributed by atoms with Gasteiger partial charge >= 0.3 is 0 Å². The molecule has 2 aromatic rings. The molecule has 3 N–H and O–H groups in total. The van der Waals surface area contributed by atoms with Gasteiger partial charge in [-0.25, -0.2) is 0 Å². The Kier molecular flexibility index (Phi) is 3.62. The molecule has 3 rings (SSSR count). The smallest absolute Gasteiger partial charge is 0.0457 e. The van der Waals surface area contributed by atoms with E-state index in [-0.39, 0.29) is 0 Å². The summed E-state index contributed by atoms with van der Waals surface area (Å²) < 4.78 is 0. The highest BCUT2D eigenvalue weighted by atomic mass is 14.9. The SMILES string of the molecule is c1cc(CNCCCNC2CC2)c2cc[nH]c2c1. The summed E-state index contributed by atoms with van der Waals surface area (Å²) in [5.74, 6) is 0. The number of rotatable bonds is 7. The van der Waals surface area contributed by atoms with Crippen LogP contribution in [-0.4, -0.2) is 24.1 Å². The van der Waals surface area contributed by atoms with Crippen LogP contribution in [0.2, 0.25) is 0 Å². The van der Waals surface area contributed by atoms with Crippen LogP contribution >= 0.6 is 0 Å². The van der Waals surface area contributed by atoms with Crippen molar-refractivity contribution < 1.29 is 0 Å². The third-order valence-corrected chi connectivity index (χ3v) is 3.54. The van der Waals surface area contributed by atoms with Gasteiger partial charge < -0.3 is 15.6 Å². The number of hydrogen-bond donors (Lipinski definition) is 3. The van der Waals surface area contributed by atoms with Crippen molar-refractivity contribution in [3.63, 3.8) is 0 Å². The number of nitrogens with one attached hydrogen (secondary N) is 3. The number of aromatic nitrogens is 1. The second kappa shape index (κ2) is 5.55. The molecule has 1 aromatic heterocycles. The predicted octanol–water partition coefficient (Wildman–Crippen LogP) is 2.40.